The van der Waals surface area contributed by atoms with Crippen LogP contribution in [0.3, 0.4) is 0 Å². The van der Waals surface area contributed by atoms with Crippen molar-refractivity contribution >= 4 is 17.1 Å². The molecule has 0 heterocycles. The number of hydrogen-bond donors (Lipinski definition) is 1. The number of benzene rings is 2. The fourth-order valence-electron chi connectivity index (χ4n) is 3.29. The van der Waals surface area contributed by atoms with Crippen molar-refractivity contribution in [1.82, 2.24) is 0 Å². The van der Waals surface area contributed by atoms with Crippen LogP contribution in [-0.4, -0.2) is 43.3 Å². The highest BCUT2D eigenvalue weighted by atomic mass is 32.2. The van der Waals surface area contributed by atoms with Crippen molar-refractivity contribution in [2.45, 2.75) is 55.8 Å². The molecule has 0 aliphatic rings. The van der Waals surface area contributed by atoms with E-state index in [4.69, 9.17) is 18.4 Å². The zero-order valence-corrected chi connectivity index (χ0v) is 20.0. The summed E-state index contributed by atoms with van der Waals surface area (Å²) >= 11 is -0.567. The fourth-order valence-corrected chi connectivity index (χ4v) is 5.24. The van der Waals surface area contributed by atoms with E-state index in [1.165, 1.54) is 0 Å². The maximum Gasteiger partial charge on any atom is 0.306 e. The molecule has 0 bridgehead atoms. The lowest BCUT2D eigenvalue weighted by molar-refractivity contribution is -0.138. The largest absolute Gasteiger partial charge is 0.493 e. The van der Waals surface area contributed by atoms with Crippen LogP contribution in [0.2, 0.25) is 0 Å². The van der Waals surface area contributed by atoms with Gasteiger partial charge in [-0.3, -0.25) is 4.79 Å². The van der Waals surface area contributed by atoms with Gasteiger partial charge in [0.1, 0.15) is 6.10 Å². The van der Waals surface area contributed by atoms with Gasteiger partial charge in [-0.15, -0.1) is 0 Å². The van der Waals surface area contributed by atoms with Crippen LogP contribution in [0.1, 0.15) is 39.2 Å². The van der Waals surface area contributed by atoms with E-state index in [0.717, 1.165) is 10.5 Å². The topological polar surface area (TPSA) is 74.2 Å². The van der Waals surface area contributed by atoms with E-state index in [2.05, 4.69) is 20.8 Å². The van der Waals surface area contributed by atoms with Crippen molar-refractivity contribution in [3.63, 3.8) is 0 Å². The van der Waals surface area contributed by atoms with Crippen LogP contribution < -0.4 is 14.2 Å². The van der Waals surface area contributed by atoms with Crippen molar-refractivity contribution < 1.29 is 28.3 Å². The van der Waals surface area contributed by atoms with Crippen LogP contribution in [0.5, 0.6) is 17.2 Å². The first-order chi connectivity index (χ1) is 14.7. The Morgan fingerprint density at radius 3 is 2.13 bits per heavy atom. The second kappa shape index (κ2) is 11.3. The van der Waals surface area contributed by atoms with Crippen molar-refractivity contribution in [3.05, 3.63) is 48.0 Å². The predicted octanol–water partition coefficient (Wildman–Crippen LogP) is 4.90. The maximum absolute atomic E-state index is 11.6. The summed E-state index contributed by atoms with van der Waals surface area (Å²) in [7, 11) is 4.72. The average Bonchev–Trinajstić information content (AvgIpc) is 2.74. The van der Waals surface area contributed by atoms with Gasteiger partial charge in [0.05, 0.1) is 27.8 Å². The number of carboxylic acid groups (broad SMARTS) is 1. The lowest BCUT2D eigenvalue weighted by Crippen LogP contribution is -2.34. The van der Waals surface area contributed by atoms with Crippen molar-refractivity contribution in [2.24, 2.45) is 0 Å². The Hall–Kier alpha value is -2.38. The number of aliphatic carboxylic acids is 1. The summed E-state index contributed by atoms with van der Waals surface area (Å²) in [5, 5.41) is 9.48. The second-order valence-electron chi connectivity index (χ2n) is 8.04. The van der Waals surface area contributed by atoms with Crippen LogP contribution in [-0.2, 0) is 26.6 Å². The molecule has 0 aliphatic carbocycles. The average molecular weight is 450 g/mol. The molecule has 2 rings (SSSR count). The molecule has 2 atom stereocenters. The molecule has 31 heavy (non-hydrogen) atoms. The summed E-state index contributed by atoms with van der Waals surface area (Å²) in [6, 6.07) is 13.7. The zero-order chi connectivity index (χ0) is 23.0. The Morgan fingerprint density at radius 1 is 0.968 bits per heavy atom. The Bertz CT molecular complexity index is 847. The van der Waals surface area contributed by atoms with Crippen LogP contribution >= 0.6 is 0 Å². The summed E-state index contributed by atoms with van der Waals surface area (Å²) in [5.41, 5.74) is 0.912. The number of carboxylic acids is 1. The molecule has 170 valence electrons. The summed E-state index contributed by atoms with van der Waals surface area (Å²) in [6.45, 7) is 6.33. The summed E-state index contributed by atoms with van der Waals surface area (Å²) in [5.74, 6) is 0.820. The van der Waals surface area contributed by atoms with Crippen LogP contribution in [0.4, 0.5) is 0 Å². The molecule has 1 N–H and O–H groups in total. The molecule has 2 aromatic carbocycles. The van der Waals surface area contributed by atoms with Crippen LogP contribution in [0, 0.1) is 0 Å². The Morgan fingerprint density at radius 2 is 1.61 bits per heavy atom. The zero-order valence-electron chi connectivity index (χ0n) is 19.1. The van der Waals surface area contributed by atoms with E-state index >= 15 is 0 Å². The quantitative estimate of drug-likeness (QED) is 0.492. The normalized spacial score (nSPS) is 13.4. The van der Waals surface area contributed by atoms with E-state index < -0.39 is 23.2 Å². The Labute approximate surface area is 188 Å². The Balaban J connectivity index is 2.27. The molecule has 0 spiro atoms. The lowest BCUT2D eigenvalue weighted by atomic mass is 10.0. The number of rotatable bonds is 11. The Kier molecular flexibility index (Phi) is 9.07. The predicted molar refractivity (Wildman–Crippen MR) is 123 cm³/mol. The molecule has 0 saturated heterocycles. The SMILES string of the molecule is COc1ccc(CCC(CC(=O)O)O[S+](c2ccccc2)C(C)(C)C)c(OC)c1OC. The van der Waals surface area contributed by atoms with Gasteiger partial charge in [-0.25, -0.2) is 0 Å². The number of hydrogen-bond acceptors (Lipinski definition) is 5. The molecule has 0 aliphatic heterocycles. The van der Waals surface area contributed by atoms with E-state index in [0.29, 0.717) is 30.1 Å². The number of aryl methyl sites for hydroxylation is 1. The minimum absolute atomic E-state index is 0.0674. The van der Waals surface area contributed by atoms with E-state index in [1.807, 2.05) is 42.5 Å². The van der Waals surface area contributed by atoms with Gasteiger partial charge < -0.3 is 19.3 Å². The number of methoxy groups -OCH3 is 3. The molecule has 2 unspecified atom stereocenters. The van der Waals surface area contributed by atoms with Gasteiger partial charge in [-0.2, -0.15) is 4.18 Å². The van der Waals surface area contributed by atoms with Gasteiger partial charge in [-0.1, -0.05) is 24.3 Å². The molecule has 6 nitrogen and oxygen atoms in total. The third-order valence-corrected chi connectivity index (χ3v) is 6.95. The van der Waals surface area contributed by atoms with Gasteiger partial charge in [0, 0.05) is 0 Å². The summed E-state index contributed by atoms with van der Waals surface area (Å²) < 4.78 is 22.7. The summed E-state index contributed by atoms with van der Waals surface area (Å²) in [6.07, 6.45) is 0.600. The minimum atomic E-state index is -0.880. The van der Waals surface area contributed by atoms with Gasteiger partial charge in [0.2, 0.25) is 5.75 Å². The third-order valence-electron chi connectivity index (χ3n) is 4.67. The molecule has 0 amide bonds. The third kappa shape index (κ3) is 6.80. The number of carbonyl (C=O) groups is 1. The van der Waals surface area contributed by atoms with Gasteiger partial charge in [0.25, 0.3) is 0 Å². The molecular weight excluding hydrogens is 416 g/mol. The molecule has 2 aromatic rings. The van der Waals surface area contributed by atoms with Crippen LogP contribution in [0.15, 0.2) is 47.4 Å². The smallest absolute Gasteiger partial charge is 0.306 e. The molecule has 0 fully saturated rings. The lowest BCUT2D eigenvalue weighted by Gasteiger charge is -2.23. The van der Waals surface area contributed by atoms with Gasteiger partial charge >= 0.3 is 5.97 Å². The molecule has 7 heteroatoms. The first kappa shape index (κ1) is 24.9. The standard InChI is InChI=1S/C24H32O6S/c1-24(2,3)31(19-10-8-7-9-11-19)30-18(16-21(25)26)14-12-17-13-15-20(27-4)23(29-6)22(17)28-5/h7-11,13,15,18H,12,14,16H2,1-6H3/p+1. The van der Waals surface area contributed by atoms with Crippen LogP contribution in [0.25, 0.3) is 0 Å². The van der Waals surface area contributed by atoms with E-state index in [9.17, 15) is 9.90 Å². The van der Waals surface area contributed by atoms with Gasteiger partial charge in [0.15, 0.2) is 32.3 Å². The second-order valence-corrected chi connectivity index (χ2v) is 10.5. The minimum Gasteiger partial charge on any atom is -0.493 e. The highest BCUT2D eigenvalue weighted by Crippen LogP contribution is 2.40. The van der Waals surface area contributed by atoms with E-state index in [-0.39, 0.29) is 11.2 Å². The van der Waals surface area contributed by atoms with Crippen molar-refractivity contribution in [3.8, 4) is 17.2 Å². The molecular formula is C24H33O6S+. The molecule has 0 saturated carbocycles. The van der Waals surface area contributed by atoms with Crippen molar-refractivity contribution in [2.75, 3.05) is 21.3 Å². The number of ether oxygens (including phenoxy) is 3. The summed E-state index contributed by atoms with van der Waals surface area (Å²) in [4.78, 5) is 12.6. The van der Waals surface area contributed by atoms with E-state index in [1.54, 1.807) is 21.3 Å². The monoisotopic (exact) mass is 449 g/mol. The maximum atomic E-state index is 11.6. The molecule has 0 radical (unpaired) electrons. The first-order valence-electron chi connectivity index (χ1n) is 10.2. The van der Waals surface area contributed by atoms with Gasteiger partial charge in [-0.05, 0) is 57.4 Å². The fraction of sp³-hybridized carbons (Fsp3) is 0.458. The molecule has 0 aromatic heterocycles. The first-order valence-corrected chi connectivity index (χ1v) is 11.3. The highest BCUT2D eigenvalue weighted by Gasteiger charge is 2.42. The van der Waals surface area contributed by atoms with Crippen molar-refractivity contribution in [1.29, 1.82) is 0 Å². The highest BCUT2D eigenvalue weighted by molar-refractivity contribution is 7.93.